The second-order valence-corrected chi connectivity index (χ2v) is 6.14. The highest BCUT2D eigenvalue weighted by Gasteiger charge is 2.22. The molecule has 2 heterocycles. The van der Waals surface area contributed by atoms with E-state index in [0.29, 0.717) is 0 Å². The van der Waals surface area contributed by atoms with Crippen molar-refractivity contribution in [2.75, 3.05) is 6.54 Å². The van der Waals surface area contributed by atoms with Gasteiger partial charge in [-0.2, -0.15) is 0 Å². The Labute approximate surface area is 127 Å². The quantitative estimate of drug-likeness (QED) is 0.870. The molecule has 0 aliphatic carbocycles. The van der Waals surface area contributed by atoms with Crippen LogP contribution >= 0.6 is 15.9 Å². The fraction of sp³-hybridized carbons (Fsp3) is 0.312. The van der Waals surface area contributed by atoms with Crippen molar-refractivity contribution in [2.24, 2.45) is 0 Å². The summed E-state index contributed by atoms with van der Waals surface area (Å²) in [5, 5.41) is 3.34. The molecule has 20 heavy (non-hydrogen) atoms. The van der Waals surface area contributed by atoms with Gasteiger partial charge in [-0.05, 0) is 53.0 Å². The molecule has 1 aromatic heterocycles. The summed E-state index contributed by atoms with van der Waals surface area (Å²) in [5.74, 6) is 0.0567. The van der Waals surface area contributed by atoms with Gasteiger partial charge in [0.05, 0.1) is 4.60 Å². The van der Waals surface area contributed by atoms with Gasteiger partial charge < -0.3 is 5.32 Å². The number of hydrogen-bond acceptors (Lipinski definition) is 2. The van der Waals surface area contributed by atoms with E-state index in [4.69, 9.17) is 0 Å². The third-order valence-corrected chi connectivity index (χ3v) is 4.41. The molecule has 4 heteroatoms. The zero-order valence-corrected chi connectivity index (χ0v) is 13.3. The lowest BCUT2D eigenvalue weighted by molar-refractivity contribution is 0.0953. The second-order valence-electron chi connectivity index (χ2n) is 5.32. The normalized spacial score (nSPS) is 14.2. The molecule has 0 fully saturated rings. The van der Waals surface area contributed by atoms with Crippen LogP contribution in [-0.2, 0) is 13.0 Å². The van der Waals surface area contributed by atoms with Gasteiger partial charge in [-0.1, -0.05) is 17.7 Å². The van der Waals surface area contributed by atoms with Crippen LogP contribution in [0.1, 0.15) is 32.7 Å². The summed E-state index contributed by atoms with van der Waals surface area (Å²) in [4.78, 5) is 12.9. The van der Waals surface area contributed by atoms with Gasteiger partial charge in [0, 0.05) is 30.8 Å². The van der Waals surface area contributed by atoms with Crippen molar-refractivity contribution >= 4 is 21.8 Å². The number of rotatable bonds is 1. The lowest BCUT2D eigenvalue weighted by Crippen LogP contribution is -2.26. The van der Waals surface area contributed by atoms with Gasteiger partial charge in [0.25, 0.3) is 5.91 Å². The molecule has 1 aromatic carbocycles. The van der Waals surface area contributed by atoms with E-state index in [1.165, 1.54) is 5.56 Å². The van der Waals surface area contributed by atoms with Crippen LogP contribution in [-0.4, -0.2) is 17.0 Å². The first-order valence-electron chi connectivity index (χ1n) is 6.79. The van der Waals surface area contributed by atoms with E-state index in [9.17, 15) is 4.79 Å². The average molecular weight is 333 g/mol. The van der Waals surface area contributed by atoms with Crippen LogP contribution in [0.2, 0.25) is 0 Å². The molecular weight excluding hydrogens is 316 g/mol. The summed E-state index contributed by atoms with van der Waals surface area (Å²) < 4.78 is 2.66. The molecule has 1 aliphatic heterocycles. The van der Waals surface area contributed by atoms with Crippen LogP contribution in [0.3, 0.4) is 0 Å². The highest BCUT2D eigenvalue weighted by atomic mass is 79.9. The largest absolute Gasteiger partial charge is 0.312 e. The predicted molar refractivity (Wildman–Crippen MR) is 83.2 cm³/mol. The van der Waals surface area contributed by atoms with E-state index in [2.05, 4.69) is 21.2 Å². The number of nitrogens with zero attached hydrogens (tertiary/aromatic N) is 1. The molecule has 104 valence electrons. The van der Waals surface area contributed by atoms with E-state index in [1.807, 2.05) is 42.7 Å². The second kappa shape index (κ2) is 5.19. The summed E-state index contributed by atoms with van der Waals surface area (Å²) >= 11 is 3.53. The zero-order chi connectivity index (χ0) is 14.3. The molecule has 3 nitrogen and oxygen atoms in total. The van der Waals surface area contributed by atoms with Crippen molar-refractivity contribution in [3.63, 3.8) is 0 Å². The molecule has 0 radical (unpaired) electrons. The first-order chi connectivity index (χ1) is 9.58. The number of aryl methyl sites for hydroxylation is 2. The Hall–Kier alpha value is -1.39. The van der Waals surface area contributed by atoms with E-state index < -0.39 is 0 Å². The molecule has 0 unspecified atom stereocenters. The number of aromatic nitrogens is 1. The van der Waals surface area contributed by atoms with Gasteiger partial charge in [-0.3, -0.25) is 9.36 Å². The minimum Gasteiger partial charge on any atom is -0.312 e. The number of carbonyl (C=O) groups is 1. The molecule has 0 saturated heterocycles. The highest BCUT2D eigenvalue weighted by molar-refractivity contribution is 9.10. The van der Waals surface area contributed by atoms with E-state index >= 15 is 0 Å². The number of nitrogens with one attached hydrogen (secondary N) is 1. The number of fused-ring (bicyclic) bond motifs is 1. The van der Waals surface area contributed by atoms with E-state index in [-0.39, 0.29) is 5.91 Å². The van der Waals surface area contributed by atoms with Crippen LogP contribution in [0.25, 0.3) is 0 Å². The van der Waals surface area contributed by atoms with E-state index in [1.54, 1.807) is 0 Å². The first kappa shape index (κ1) is 13.6. The Morgan fingerprint density at radius 2 is 2.10 bits per heavy atom. The van der Waals surface area contributed by atoms with Crippen molar-refractivity contribution in [3.05, 3.63) is 56.8 Å². The molecule has 2 aromatic rings. The molecule has 0 bridgehead atoms. The maximum Gasteiger partial charge on any atom is 0.263 e. The Morgan fingerprint density at radius 3 is 2.90 bits per heavy atom. The molecule has 1 aliphatic rings. The van der Waals surface area contributed by atoms with Crippen molar-refractivity contribution in [1.82, 2.24) is 9.88 Å². The topological polar surface area (TPSA) is 34.0 Å². The summed E-state index contributed by atoms with van der Waals surface area (Å²) in [7, 11) is 0. The fourth-order valence-electron chi connectivity index (χ4n) is 2.73. The summed E-state index contributed by atoms with van der Waals surface area (Å²) in [5.41, 5.74) is 5.24. The van der Waals surface area contributed by atoms with Gasteiger partial charge in [0.15, 0.2) is 0 Å². The number of halogens is 1. The number of hydrogen-bond donors (Lipinski definition) is 1. The van der Waals surface area contributed by atoms with Crippen molar-refractivity contribution in [2.45, 2.75) is 26.8 Å². The lowest BCUT2D eigenvalue weighted by atomic mass is 10.0. The first-order valence-corrected chi connectivity index (χ1v) is 7.59. The standard InChI is InChI=1S/C16H17BrN2O/c1-10-3-4-11(2)13(7-10)16(20)19-14-5-6-18-9-12(14)8-15(19)17/h3-4,7-8,18H,5-6,9H2,1-2H3. The van der Waals surface area contributed by atoms with Crippen molar-refractivity contribution in [1.29, 1.82) is 0 Å². The average Bonchev–Trinajstić information content (AvgIpc) is 2.76. The van der Waals surface area contributed by atoms with Crippen LogP contribution < -0.4 is 5.32 Å². The Balaban J connectivity index is 2.11. The minimum absolute atomic E-state index is 0.0567. The SMILES string of the molecule is Cc1ccc(C)c(C(=O)n2c(Br)cc3c2CCNC3)c1. The maximum absolute atomic E-state index is 12.9. The molecule has 0 amide bonds. The van der Waals surface area contributed by atoms with Gasteiger partial charge in [-0.15, -0.1) is 0 Å². The third-order valence-electron chi connectivity index (χ3n) is 3.83. The highest BCUT2D eigenvalue weighted by Crippen LogP contribution is 2.26. The van der Waals surface area contributed by atoms with Crippen LogP contribution in [0.15, 0.2) is 28.9 Å². The Kier molecular flexibility index (Phi) is 3.52. The summed E-state index contributed by atoms with van der Waals surface area (Å²) in [6, 6.07) is 8.06. The van der Waals surface area contributed by atoms with Crippen LogP contribution in [0.4, 0.5) is 0 Å². The number of carbonyl (C=O) groups excluding carboxylic acids is 1. The summed E-state index contributed by atoms with van der Waals surface area (Å²) in [6.45, 7) is 5.75. The van der Waals surface area contributed by atoms with Gasteiger partial charge in [-0.25, -0.2) is 0 Å². The fourth-order valence-corrected chi connectivity index (χ4v) is 3.38. The van der Waals surface area contributed by atoms with Crippen molar-refractivity contribution < 1.29 is 4.79 Å². The van der Waals surface area contributed by atoms with Crippen LogP contribution in [0.5, 0.6) is 0 Å². The van der Waals surface area contributed by atoms with Crippen LogP contribution in [0, 0.1) is 13.8 Å². The minimum atomic E-state index is 0.0567. The third kappa shape index (κ3) is 2.23. The molecule has 3 rings (SSSR count). The lowest BCUT2D eigenvalue weighted by Gasteiger charge is -2.17. The Bertz CT molecular complexity index is 688. The predicted octanol–water partition coefficient (Wildman–Crippen LogP) is 3.20. The molecule has 0 atom stereocenters. The van der Waals surface area contributed by atoms with Gasteiger partial charge in [0.1, 0.15) is 0 Å². The zero-order valence-electron chi connectivity index (χ0n) is 11.7. The van der Waals surface area contributed by atoms with Crippen molar-refractivity contribution in [3.8, 4) is 0 Å². The van der Waals surface area contributed by atoms with E-state index in [0.717, 1.165) is 46.5 Å². The molecule has 1 N–H and O–H groups in total. The molecular formula is C16H17BrN2O. The smallest absolute Gasteiger partial charge is 0.263 e. The van der Waals surface area contributed by atoms with Gasteiger partial charge >= 0.3 is 0 Å². The summed E-state index contributed by atoms with van der Waals surface area (Å²) in [6.07, 6.45) is 0.886. The monoisotopic (exact) mass is 332 g/mol. The maximum atomic E-state index is 12.9. The van der Waals surface area contributed by atoms with Gasteiger partial charge in [0.2, 0.25) is 0 Å². The molecule has 0 spiro atoms. The number of benzene rings is 1. The Morgan fingerprint density at radius 1 is 1.30 bits per heavy atom. The molecule has 0 saturated carbocycles.